The minimum absolute atomic E-state index is 0. The fourth-order valence-electron chi connectivity index (χ4n) is 8.03. The van der Waals surface area contributed by atoms with E-state index >= 15 is 0 Å². The van der Waals surface area contributed by atoms with Gasteiger partial charge in [0.2, 0.25) is 5.91 Å². The number of nitrogens with one attached hydrogen (secondary N) is 1. The Morgan fingerprint density at radius 2 is 0.664 bits per heavy atom. The molecule has 6 aliphatic heterocycles. The summed E-state index contributed by atoms with van der Waals surface area (Å²) in [5.74, 6) is 7.41. The molecule has 6 saturated heterocycles. The average molecular weight is 2800 g/mol. The summed E-state index contributed by atoms with van der Waals surface area (Å²) >= 11 is 9.64. The molecule has 0 aliphatic carbocycles. The second-order valence-corrected chi connectivity index (χ2v) is 135. The van der Waals surface area contributed by atoms with Crippen LogP contribution in [0.2, 0.25) is 19.6 Å². The maximum Gasteiger partial charge on any atom is 0.314 e. The Bertz CT molecular complexity index is 6860. The van der Waals surface area contributed by atoms with Crippen LogP contribution in [-0.4, -0.2) is 117 Å². The highest BCUT2D eigenvalue weighted by atomic mass is 35.5. The fourth-order valence-corrected chi connectivity index (χ4v) is 173. The molecule has 0 aromatic carbocycles. The summed E-state index contributed by atoms with van der Waals surface area (Å²) in [6, 6.07) is 10.0. The van der Waals surface area contributed by atoms with Crippen molar-refractivity contribution in [3.63, 3.8) is 0 Å². The molecule has 11 nitrogen and oxygen atoms in total. The number of hydrogen-bond donors (Lipinski definition) is 2. The lowest BCUT2D eigenvalue weighted by Crippen LogP contribution is -2.62. The molecule has 0 radical (unpaired) electrons. The Morgan fingerprint density at radius 1 is 0.414 bits per heavy atom. The second-order valence-electron chi connectivity index (χ2n) is 20.6. The number of carboxylic acid groups (broad SMARTS) is 1. The maximum absolute atomic E-state index is 12.9. The lowest BCUT2D eigenvalue weighted by atomic mass is 9.86. The maximum atomic E-state index is 12.9. The Labute approximate surface area is 869 Å². The first-order chi connectivity index (χ1) is 56.2. The summed E-state index contributed by atoms with van der Waals surface area (Å²) in [7, 11) is 110. The molecule has 4 unspecified atom stereocenters. The van der Waals surface area contributed by atoms with Crippen LogP contribution in [0.5, 0.6) is 0 Å². The predicted molar refractivity (Wildman–Crippen MR) is 679 cm³/mol. The first-order valence-corrected chi connectivity index (χ1v) is 116. The van der Waals surface area contributed by atoms with Crippen molar-refractivity contribution >= 4 is 617 Å². The van der Waals surface area contributed by atoms with Gasteiger partial charge in [0.25, 0.3) is 0 Å². The van der Waals surface area contributed by atoms with E-state index in [0.717, 1.165) is 61.8 Å². The number of carbonyl (C=O) groups excluding carboxylic acids is 1. The Balaban J connectivity index is 0.000000427. The number of terminal acetylenes is 1. The van der Waals surface area contributed by atoms with Gasteiger partial charge in [0.05, 0.1) is 31.8 Å². The van der Waals surface area contributed by atoms with Crippen LogP contribution in [0.3, 0.4) is 0 Å². The first kappa shape index (κ1) is 119. The average Bonchev–Trinajstić information content (AvgIpc) is 1.54. The zero-order valence-electron chi connectivity index (χ0n) is 57.2. The van der Waals surface area contributed by atoms with E-state index < -0.39 is 19.5 Å². The van der Waals surface area contributed by atoms with Crippen LogP contribution in [-0.2, 0) is 592 Å². The number of hydrogen-bond acceptors (Lipinski definition) is 11. The molecule has 664 valence electrons. The van der Waals surface area contributed by atoms with Crippen molar-refractivity contribution < 1.29 is 24.2 Å². The zero-order chi connectivity index (χ0) is 82.2. The molecule has 2 N–H and O–H groups in total. The van der Waals surface area contributed by atoms with Gasteiger partial charge in [0.1, 0.15) is 25.1 Å². The molecule has 4 bridgehead atoms. The normalized spacial score (nSPS) is 15.9. The van der Waals surface area contributed by atoms with Crippen LogP contribution in [0, 0.1) is 34.6 Å². The summed E-state index contributed by atoms with van der Waals surface area (Å²) in [5.41, 5.74) is 4.32. The number of halogens is 1. The Morgan fingerprint density at radius 3 is 0.862 bits per heavy atom. The van der Waals surface area contributed by atoms with E-state index in [2.05, 4.69) is 79.1 Å². The third-order valence-corrected chi connectivity index (χ3v) is 149. The van der Waals surface area contributed by atoms with Gasteiger partial charge in [0.15, 0.2) is 0 Å². The molecule has 4 atom stereocenters. The van der Waals surface area contributed by atoms with Gasteiger partial charge in [-0.15, -0.1) is 24.4 Å². The van der Waals surface area contributed by atoms with E-state index in [-0.39, 0.29) is 35.8 Å². The van der Waals surface area contributed by atoms with Gasteiger partial charge in [0, 0.05) is 647 Å². The predicted octanol–water partition coefficient (Wildman–Crippen LogP) is 3.91. The van der Waals surface area contributed by atoms with Gasteiger partial charge < -0.3 is 34.6 Å². The molecular formula is C39H53ClN6O5S64Si. The van der Waals surface area contributed by atoms with Gasteiger partial charge in [-0.25, -0.2) is 9.97 Å². The van der Waals surface area contributed by atoms with E-state index in [9.17, 15) is 9.59 Å². The van der Waals surface area contributed by atoms with Crippen LogP contribution >= 0.6 is 12.4 Å². The standard InChI is InChI=1S/C18H21N3O2.C16H23N3Si.C5H8O3.ClH.S64/c1-3-13-4-7-16(19-8-13)20-9-14-5-6-15(10-20)21(14)17(22)18(2)11-23-12-18;1-20(2,3)9-8-13-4-7-16(17-10-13)19-11-14-5-6-15(12-19)18-14;1-5(4(6)7)2-8-3-5;;1-3-5-7-9-11-13-15-17-19-21-23-25-27-29-31-33-35-37-39-41-43-45-47-49-51-53-55-57-59-61-63-64-62-60-58-56-54-52-50-48-46-44-42-40-38-36-34-32-30-28-26-24-22-20-18-16-14-12-10-8-6-4-2/h1,4,7-8,14-15H,5-6,9-12H2,2H3;4,7,10,14-15,18H,5-6,11-12H2,1-3H3;2-3H2,1H3,(H,6,7);1H;. The molecule has 6 aliphatic rings. The monoisotopic (exact) mass is 2790 g/mol. The summed E-state index contributed by atoms with van der Waals surface area (Å²) in [6.07, 6.45) is 13.8. The molecule has 8 rings (SSSR count). The molecule has 2 aromatic heterocycles. The van der Waals surface area contributed by atoms with E-state index in [1.807, 2.05) is 452 Å². The first-order valence-electron chi connectivity index (χ1n) is 28.6. The lowest BCUT2D eigenvalue weighted by molar-refractivity contribution is -0.175. The number of aromatic nitrogens is 2. The summed E-state index contributed by atoms with van der Waals surface area (Å²) in [5, 5.41) is 12.1. The number of rotatable bonds is 4. The SMILES string of the molecule is C#Cc1ccc(N2CC3CCC(C2)N3C(=O)C2(C)COC2)nc1.CC1(C(=O)O)COC1.C[Si](C)(C)C#Cc1ccc(N2CC3CCC(C2)N3)nc1.Cl.S=S=S=S=S=S=S=S=S=S=S=S=S=S=S=S=S=S=S=S=S=S=S=S=S=S=S=S=S=S=S=S=S=S=S=S=S=S=S=S=S=S=S=S=S=S=S=S=S=S=S=S=S=S=S=S=S=S=S=S=S=S=S=S. The van der Waals surface area contributed by atoms with Crippen LogP contribution < -0.4 is 15.1 Å². The van der Waals surface area contributed by atoms with Gasteiger partial charge >= 0.3 is 5.97 Å². The van der Waals surface area contributed by atoms with Crippen LogP contribution in [0.25, 0.3) is 0 Å². The van der Waals surface area contributed by atoms with Crippen molar-refractivity contribution in [2.24, 2.45) is 10.8 Å². The quantitative estimate of drug-likeness (QED) is 0.342. The number of anilines is 2. The summed E-state index contributed by atoms with van der Waals surface area (Å²) < 4.78 is 9.99. The molecule has 77 heteroatoms. The highest BCUT2D eigenvalue weighted by molar-refractivity contribution is 8.84. The van der Waals surface area contributed by atoms with Gasteiger partial charge in [-0.05, 0) is 63.8 Å². The number of carboxylic acids is 1. The molecule has 116 heavy (non-hydrogen) atoms. The number of piperazine rings is 2. The summed E-state index contributed by atoms with van der Waals surface area (Å²) in [6.45, 7) is 16.2. The zero-order valence-corrected chi connectivity index (χ0v) is 111. The molecule has 0 saturated carbocycles. The number of aliphatic carboxylic acids is 1. The van der Waals surface area contributed by atoms with Crippen molar-refractivity contribution in [2.75, 3.05) is 62.4 Å². The highest BCUT2D eigenvalue weighted by Crippen LogP contribution is 2.38. The van der Waals surface area contributed by atoms with Crippen LogP contribution in [0.4, 0.5) is 11.6 Å². The smallest absolute Gasteiger partial charge is 0.314 e. The third-order valence-electron chi connectivity index (χ3n) is 12.2. The van der Waals surface area contributed by atoms with Crippen molar-refractivity contribution in [3.05, 3.63) is 47.8 Å². The van der Waals surface area contributed by atoms with Gasteiger partial charge in [-0.3, -0.25) is 9.59 Å². The molecule has 2 aromatic rings. The Kier molecular flexibility index (Phi) is 82.3. The van der Waals surface area contributed by atoms with E-state index in [0.29, 0.717) is 38.5 Å². The number of nitrogens with zero attached hydrogens (tertiary/aromatic N) is 5. The molecule has 1 amide bonds. The van der Waals surface area contributed by atoms with Crippen molar-refractivity contribution in [3.8, 4) is 23.8 Å². The number of amides is 1. The third kappa shape index (κ3) is 60.2. The van der Waals surface area contributed by atoms with Gasteiger partial charge in [-0.2, -0.15) is 0 Å². The minimum Gasteiger partial charge on any atom is -0.481 e. The van der Waals surface area contributed by atoms with Crippen molar-refractivity contribution in [1.82, 2.24) is 20.2 Å². The second kappa shape index (κ2) is 80.4. The van der Waals surface area contributed by atoms with E-state index in [1.165, 1.54) is 30.6 Å². The topological polar surface area (TPSA) is 120 Å². The number of carbonyl (C=O) groups is 2. The molecule has 6 fully saturated rings. The van der Waals surface area contributed by atoms with Crippen LogP contribution in [0.1, 0.15) is 50.7 Å². The van der Waals surface area contributed by atoms with E-state index in [1.54, 1.807) is 120 Å². The molecule has 0 spiro atoms. The fraction of sp³-hybridized carbons (Fsp3) is 0.590. The lowest BCUT2D eigenvalue weighted by Gasteiger charge is -2.47. The highest BCUT2D eigenvalue weighted by Gasteiger charge is 2.51. The van der Waals surface area contributed by atoms with Crippen molar-refractivity contribution in [1.29, 1.82) is 0 Å². The largest absolute Gasteiger partial charge is 0.481 e. The Hall–Kier alpha value is 10.4. The molecule has 8 heterocycles. The summed E-state index contributed by atoms with van der Waals surface area (Å²) in [4.78, 5) is 39.0. The van der Waals surface area contributed by atoms with Gasteiger partial charge in [-0.1, -0.05) is 31.5 Å². The number of ether oxygens (including phenoxy) is 2. The van der Waals surface area contributed by atoms with E-state index in [4.69, 9.17) is 43.4 Å². The number of fused-ring (bicyclic) bond motifs is 4. The van der Waals surface area contributed by atoms with Crippen molar-refractivity contribution in [2.45, 2.75) is 83.3 Å². The van der Waals surface area contributed by atoms with Crippen LogP contribution in [0.15, 0.2) is 36.7 Å². The number of pyridine rings is 2. The minimum atomic E-state index is -1.30. The molecular weight excluding hydrogens is 2750 g/mol.